The van der Waals surface area contributed by atoms with Crippen molar-refractivity contribution in [2.24, 2.45) is 10.8 Å². The predicted molar refractivity (Wildman–Crippen MR) is 97.4 cm³/mol. The maximum Gasteiger partial charge on any atom is 0.0259 e. The van der Waals surface area contributed by atoms with Crippen molar-refractivity contribution in [3.05, 3.63) is 0 Å². The summed E-state index contributed by atoms with van der Waals surface area (Å²) in [5, 5.41) is 2.32. The van der Waals surface area contributed by atoms with E-state index in [0.29, 0.717) is 5.41 Å². The third-order valence-electron chi connectivity index (χ3n) is 6.67. The van der Waals surface area contributed by atoms with Gasteiger partial charge in [0.1, 0.15) is 0 Å². The van der Waals surface area contributed by atoms with Crippen molar-refractivity contribution in [3.63, 3.8) is 0 Å². The second kappa shape index (κ2) is 7.38. The Labute approximate surface area is 143 Å². The summed E-state index contributed by atoms with van der Waals surface area (Å²) in [6.45, 7) is 15.1. The molecule has 2 saturated heterocycles. The molecule has 0 unspecified atom stereocenters. The van der Waals surface area contributed by atoms with Crippen molar-refractivity contribution in [1.82, 2.24) is 20.2 Å². The molecule has 134 valence electrons. The van der Waals surface area contributed by atoms with Gasteiger partial charge < -0.3 is 9.80 Å². The maximum absolute atomic E-state index is 3.26. The van der Waals surface area contributed by atoms with Crippen LogP contribution in [0.1, 0.15) is 52.4 Å². The number of hydrogen-bond donors (Lipinski definition) is 1. The standard InChI is InChI=1S/C19H38N4/c1-4-19(8-9-19)17-22-15-18(2,16-22)7-5-6-10-21-11-13-23(20-3)14-12-21/h20H,4-17H2,1-3H3. The lowest BCUT2D eigenvalue weighted by Gasteiger charge is -2.50. The Hall–Kier alpha value is -0.160. The van der Waals surface area contributed by atoms with Crippen LogP contribution in [0, 0.1) is 10.8 Å². The number of hydrazine groups is 1. The van der Waals surface area contributed by atoms with Crippen LogP contribution in [-0.4, -0.2) is 74.2 Å². The van der Waals surface area contributed by atoms with E-state index in [2.05, 4.69) is 34.1 Å². The summed E-state index contributed by atoms with van der Waals surface area (Å²) in [6.07, 6.45) is 8.58. The third-order valence-corrected chi connectivity index (χ3v) is 6.67. The van der Waals surface area contributed by atoms with Crippen molar-refractivity contribution < 1.29 is 0 Å². The van der Waals surface area contributed by atoms with Gasteiger partial charge in [-0.25, -0.2) is 5.01 Å². The van der Waals surface area contributed by atoms with E-state index in [1.165, 1.54) is 90.9 Å². The Balaban J connectivity index is 1.24. The molecule has 0 atom stereocenters. The average molecular weight is 323 g/mol. The molecule has 1 aliphatic carbocycles. The fourth-order valence-corrected chi connectivity index (χ4v) is 4.66. The number of piperazine rings is 1. The van der Waals surface area contributed by atoms with E-state index in [0.717, 1.165) is 5.41 Å². The average Bonchev–Trinajstić information content (AvgIpc) is 3.31. The molecule has 0 aromatic rings. The van der Waals surface area contributed by atoms with Gasteiger partial charge in [-0.3, -0.25) is 5.43 Å². The van der Waals surface area contributed by atoms with Gasteiger partial charge in [0.15, 0.2) is 0 Å². The van der Waals surface area contributed by atoms with E-state index in [1.807, 2.05) is 7.05 Å². The minimum absolute atomic E-state index is 0.620. The summed E-state index contributed by atoms with van der Waals surface area (Å²) < 4.78 is 0. The molecule has 0 spiro atoms. The lowest BCUT2D eigenvalue weighted by molar-refractivity contribution is -0.00838. The second-order valence-corrected chi connectivity index (χ2v) is 8.82. The first-order chi connectivity index (χ1) is 11.1. The highest BCUT2D eigenvalue weighted by molar-refractivity contribution is 4.99. The van der Waals surface area contributed by atoms with Gasteiger partial charge in [0.05, 0.1) is 0 Å². The van der Waals surface area contributed by atoms with Crippen molar-refractivity contribution in [1.29, 1.82) is 0 Å². The number of nitrogens with zero attached hydrogens (tertiary/aromatic N) is 3. The fraction of sp³-hybridized carbons (Fsp3) is 1.00. The first kappa shape index (κ1) is 17.7. The molecule has 2 heterocycles. The zero-order valence-electron chi connectivity index (χ0n) is 15.7. The lowest BCUT2D eigenvalue weighted by atomic mass is 9.77. The van der Waals surface area contributed by atoms with Gasteiger partial charge in [-0.15, -0.1) is 0 Å². The molecule has 0 bridgehead atoms. The number of likely N-dealkylation sites (tertiary alicyclic amines) is 1. The molecule has 2 aliphatic heterocycles. The SMILES string of the molecule is CCC1(CN2CC(C)(CCCCN3CCN(NC)CC3)C2)CC1. The number of hydrogen-bond acceptors (Lipinski definition) is 4. The van der Waals surface area contributed by atoms with E-state index in [9.17, 15) is 0 Å². The summed E-state index contributed by atoms with van der Waals surface area (Å²) in [5.41, 5.74) is 4.61. The fourth-order valence-electron chi connectivity index (χ4n) is 4.66. The first-order valence-corrected chi connectivity index (χ1v) is 9.94. The topological polar surface area (TPSA) is 21.8 Å². The van der Waals surface area contributed by atoms with E-state index in [-0.39, 0.29) is 0 Å². The molecule has 1 saturated carbocycles. The monoisotopic (exact) mass is 322 g/mol. The summed E-state index contributed by atoms with van der Waals surface area (Å²) in [6, 6.07) is 0. The molecule has 0 amide bonds. The number of rotatable bonds is 9. The molecule has 3 fully saturated rings. The summed E-state index contributed by atoms with van der Waals surface area (Å²) >= 11 is 0. The Kier molecular flexibility index (Phi) is 5.67. The quantitative estimate of drug-likeness (QED) is 0.658. The van der Waals surface area contributed by atoms with Gasteiger partial charge >= 0.3 is 0 Å². The Bertz CT molecular complexity index is 366. The lowest BCUT2D eigenvalue weighted by Crippen LogP contribution is -2.56. The van der Waals surface area contributed by atoms with Crippen LogP contribution in [-0.2, 0) is 0 Å². The minimum atomic E-state index is 0.620. The van der Waals surface area contributed by atoms with Crippen molar-refractivity contribution in [3.8, 4) is 0 Å². The molecular formula is C19H38N4. The van der Waals surface area contributed by atoms with E-state index < -0.39 is 0 Å². The van der Waals surface area contributed by atoms with Crippen LogP contribution < -0.4 is 5.43 Å². The third kappa shape index (κ3) is 4.68. The molecule has 0 aromatic carbocycles. The van der Waals surface area contributed by atoms with Crippen LogP contribution in [0.2, 0.25) is 0 Å². The Morgan fingerprint density at radius 2 is 1.65 bits per heavy atom. The molecule has 23 heavy (non-hydrogen) atoms. The van der Waals surface area contributed by atoms with E-state index in [1.54, 1.807) is 0 Å². The van der Waals surface area contributed by atoms with E-state index >= 15 is 0 Å². The van der Waals surface area contributed by atoms with E-state index in [4.69, 9.17) is 0 Å². The zero-order chi connectivity index (χ0) is 16.3. The van der Waals surface area contributed by atoms with Crippen LogP contribution in [0.5, 0.6) is 0 Å². The smallest absolute Gasteiger partial charge is 0.0259 e. The van der Waals surface area contributed by atoms with Crippen molar-refractivity contribution in [2.75, 3.05) is 59.4 Å². The van der Waals surface area contributed by atoms with Crippen molar-refractivity contribution in [2.45, 2.75) is 52.4 Å². The largest absolute Gasteiger partial charge is 0.302 e. The van der Waals surface area contributed by atoms with Crippen LogP contribution in [0.3, 0.4) is 0 Å². The predicted octanol–water partition coefficient (Wildman–Crippen LogP) is 2.42. The molecular weight excluding hydrogens is 284 g/mol. The minimum Gasteiger partial charge on any atom is -0.302 e. The highest BCUT2D eigenvalue weighted by atomic mass is 15.5. The van der Waals surface area contributed by atoms with Gasteiger partial charge in [0.2, 0.25) is 0 Å². The number of unbranched alkanes of at least 4 members (excludes halogenated alkanes) is 1. The molecule has 3 aliphatic rings. The van der Waals surface area contributed by atoms with Crippen LogP contribution in [0.25, 0.3) is 0 Å². The molecule has 4 nitrogen and oxygen atoms in total. The normalized spacial score (nSPS) is 27.8. The molecule has 0 aromatic heterocycles. The van der Waals surface area contributed by atoms with Crippen LogP contribution >= 0.6 is 0 Å². The molecule has 4 heteroatoms. The van der Waals surface area contributed by atoms with Crippen LogP contribution in [0.15, 0.2) is 0 Å². The Morgan fingerprint density at radius 3 is 2.22 bits per heavy atom. The van der Waals surface area contributed by atoms with Gasteiger partial charge in [-0.2, -0.15) is 0 Å². The van der Waals surface area contributed by atoms with Gasteiger partial charge in [0, 0.05) is 45.8 Å². The van der Waals surface area contributed by atoms with Crippen molar-refractivity contribution >= 4 is 0 Å². The van der Waals surface area contributed by atoms with Crippen LogP contribution in [0.4, 0.5) is 0 Å². The summed E-state index contributed by atoms with van der Waals surface area (Å²) in [7, 11) is 2.03. The van der Waals surface area contributed by atoms with Gasteiger partial charge in [-0.05, 0) is 56.5 Å². The molecule has 1 N–H and O–H groups in total. The second-order valence-electron chi connectivity index (χ2n) is 8.82. The van der Waals surface area contributed by atoms with Gasteiger partial charge in [-0.1, -0.05) is 20.3 Å². The highest BCUT2D eigenvalue weighted by Gasteiger charge is 2.46. The van der Waals surface area contributed by atoms with Gasteiger partial charge in [0.25, 0.3) is 0 Å². The highest BCUT2D eigenvalue weighted by Crippen LogP contribution is 2.51. The summed E-state index contributed by atoms with van der Waals surface area (Å²) in [4.78, 5) is 5.37. The Morgan fingerprint density at radius 1 is 0.957 bits per heavy atom. The molecule has 3 rings (SSSR count). The number of nitrogens with one attached hydrogen (secondary N) is 1. The first-order valence-electron chi connectivity index (χ1n) is 9.94. The maximum atomic E-state index is 3.26. The zero-order valence-corrected chi connectivity index (χ0v) is 15.7. The summed E-state index contributed by atoms with van der Waals surface area (Å²) in [5.74, 6) is 0. The molecule has 0 radical (unpaired) electrons.